The van der Waals surface area contributed by atoms with Gasteiger partial charge in [0.05, 0.1) is 5.25 Å². The Kier molecular flexibility index (Phi) is 6.95. The monoisotopic (exact) mass is 264 g/mol. The number of hydrogen-bond donors (Lipinski definition) is 0. The molecule has 1 rings (SSSR count). The Bertz CT molecular complexity index is 437. The Hall–Kier alpha value is 0.130. The van der Waals surface area contributed by atoms with Crippen LogP contribution < -0.4 is 29.6 Å². The van der Waals surface area contributed by atoms with Gasteiger partial charge in [-0.15, -0.1) is 0 Å². The van der Waals surface area contributed by atoms with Crippen molar-refractivity contribution in [3.63, 3.8) is 0 Å². The summed E-state index contributed by atoms with van der Waals surface area (Å²) in [5, 5.41) is -0.972. The Morgan fingerprint density at radius 3 is 1.94 bits per heavy atom. The number of benzene rings is 1. The van der Waals surface area contributed by atoms with Crippen LogP contribution in [-0.2, 0) is 16.5 Å². The topological polar surface area (TPSA) is 57.2 Å². The van der Waals surface area contributed by atoms with Crippen LogP contribution in [0.5, 0.6) is 0 Å². The standard InChI is InChI=1S/C12H18O3S.Na/c1-9(2)8-11-4-6-12(7-5-11)10(3)16(13,14)15;/h4-7,9-10H,8H2,1-3H3,(H,13,14,15);/q;+1/p-1. The van der Waals surface area contributed by atoms with Crippen molar-refractivity contribution >= 4 is 10.1 Å². The second-order valence-corrected chi connectivity index (χ2v) is 6.17. The van der Waals surface area contributed by atoms with E-state index in [1.54, 1.807) is 12.1 Å². The third-order valence-electron chi connectivity index (χ3n) is 2.53. The van der Waals surface area contributed by atoms with Crippen molar-refractivity contribution in [1.29, 1.82) is 0 Å². The van der Waals surface area contributed by atoms with E-state index in [0.29, 0.717) is 11.5 Å². The molecule has 1 aromatic rings. The molecule has 1 unspecified atom stereocenters. The van der Waals surface area contributed by atoms with Crippen LogP contribution in [-0.4, -0.2) is 13.0 Å². The predicted molar refractivity (Wildman–Crippen MR) is 63.1 cm³/mol. The third-order valence-corrected chi connectivity index (χ3v) is 3.66. The zero-order valence-corrected chi connectivity index (χ0v) is 13.6. The van der Waals surface area contributed by atoms with E-state index in [0.717, 1.165) is 12.0 Å². The van der Waals surface area contributed by atoms with E-state index in [1.165, 1.54) is 6.92 Å². The van der Waals surface area contributed by atoms with Crippen LogP contribution in [0, 0.1) is 5.92 Å². The summed E-state index contributed by atoms with van der Waals surface area (Å²) in [5.41, 5.74) is 1.72. The van der Waals surface area contributed by atoms with Crippen LogP contribution in [0.1, 0.15) is 37.1 Å². The average molecular weight is 264 g/mol. The minimum absolute atomic E-state index is 0. The molecule has 0 amide bonds. The van der Waals surface area contributed by atoms with Crippen LogP contribution in [0.4, 0.5) is 0 Å². The first-order valence-corrected chi connectivity index (χ1v) is 6.81. The van der Waals surface area contributed by atoms with Gasteiger partial charge in [-0.1, -0.05) is 38.1 Å². The molecule has 0 aliphatic rings. The van der Waals surface area contributed by atoms with Crippen molar-refractivity contribution in [2.75, 3.05) is 0 Å². The van der Waals surface area contributed by atoms with Gasteiger partial charge in [0, 0.05) is 0 Å². The van der Waals surface area contributed by atoms with E-state index in [-0.39, 0.29) is 29.6 Å². The number of rotatable bonds is 4. The Labute approximate surface area is 126 Å². The van der Waals surface area contributed by atoms with Crippen LogP contribution in [0.3, 0.4) is 0 Å². The van der Waals surface area contributed by atoms with E-state index >= 15 is 0 Å². The van der Waals surface area contributed by atoms with Gasteiger partial charge in [-0.3, -0.25) is 0 Å². The Morgan fingerprint density at radius 2 is 1.59 bits per heavy atom. The molecular formula is C12H17NaO3S. The fourth-order valence-electron chi connectivity index (χ4n) is 1.56. The molecule has 5 heteroatoms. The van der Waals surface area contributed by atoms with Gasteiger partial charge in [-0.25, -0.2) is 8.42 Å². The molecule has 1 atom stereocenters. The van der Waals surface area contributed by atoms with Crippen molar-refractivity contribution in [2.24, 2.45) is 5.92 Å². The third kappa shape index (κ3) is 5.53. The predicted octanol–water partition coefficient (Wildman–Crippen LogP) is -0.505. The molecule has 0 saturated carbocycles. The quantitative estimate of drug-likeness (QED) is 0.544. The average Bonchev–Trinajstić information content (AvgIpc) is 2.15. The van der Waals surface area contributed by atoms with E-state index < -0.39 is 15.4 Å². The molecule has 0 bridgehead atoms. The summed E-state index contributed by atoms with van der Waals surface area (Å²) in [6.45, 7) is 5.66. The zero-order valence-electron chi connectivity index (χ0n) is 10.8. The SMILES string of the molecule is CC(C)Cc1ccc(C(C)S(=O)(=O)[O-])cc1.[Na+]. The maximum atomic E-state index is 10.8. The minimum Gasteiger partial charge on any atom is -0.747 e. The first-order chi connectivity index (χ1) is 7.30. The van der Waals surface area contributed by atoms with Crippen molar-refractivity contribution < 1.29 is 42.5 Å². The molecule has 0 aliphatic heterocycles. The molecule has 0 aromatic heterocycles. The van der Waals surface area contributed by atoms with Crippen LogP contribution in [0.15, 0.2) is 24.3 Å². The van der Waals surface area contributed by atoms with E-state index in [4.69, 9.17) is 0 Å². The summed E-state index contributed by atoms with van der Waals surface area (Å²) >= 11 is 0. The summed E-state index contributed by atoms with van der Waals surface area (Å²) in [6, 6.07) is 7.21. The first-order valence-electron chi connectivity index (χ1n) is 5.34. The van der Waals surface area contributed by atoms with Gasteiger partial charge in [0.15, 0.2) is 0 Å². The van der Waals surface area contributed by atoms with Crippen molar-refractivity contribution in [1.82, 2.24) is 0 Å². The van der Waals surface area contributed by atoms with Gasteiger partial charge in [-0.2, -0.15) is 0 Å². The van der Waals surface area contributed by atoms with Crippen molar-refractivity contribution in [3.8, 4) is 0 Å². The summed E-state index contributed by atoms with van der Waals surface area (Å²) in [7, 11) is -4.24. The summed E-state index contributed by atoms with van der Waals surface area (Å²) in [6.07, 6.45) is 0.957. The molecular weight excluding hydrogens is 247 g/mol. The molecule has 90 valence electrons. The Balaban J connectivity index is 0.00000256. The Morgan fingerprint density at radius 1 is 1.12 bits per heavy atom. The second-order valence-electron chi connectivity index (χ2n) is 4.47. The zero-order chi connectivity index (χ0) is 12.3. The summed E-state index contributed by atoms with van der Waals surface area (Å²) < 4.78 is 32.5. The van der Waals surface area contributed by atoms with Gasteiger partial charge in [0.25, 0.3) is 0 Å². The molecule has 0 heterocycles. The summed E-state index contributed by atoms with van der Waals surface area (Å²) in [4.78, 5) is 0. The van der Waals surface area contributed by atoms with E-state index in [9.17, 15) is 13.0 Å². The summed E-state index contributed by atoms with van der Waals surface area (Å²) in [5.74, 6) is 0.562. The van der Waals surface area contributed by atoms with Gasteiger partial charge in [0.1, 0.15) is 10.1 Å². The van der Waals surface area contributed by atoms with Gasteiger partial charge in [0.2, 0.25) is 0 Å². The maximum Gasteiger partial charge on any atom is 1.00 e. The first kappa shape index (κ1) is 17.1. The van der Waals surface area contributed by atoms with Gasteiger partial charge in [-0.05, 0) is 30.4 Å². The number of hydrogen-bond acceptors (Lipinski definition) is 3. The van der Waals surface area contributed by atoms with Gasteiger partial charge >= 0.3 is 29.6 Å². The smallest absolute Gasteiger partial charge is 0.747 e. The molecule has 0 fully saturated rings. The molecule has 0 radical (unpaired) electrons. The molecule has 0 saturated heterocycles. The second kappa shape index (κ2) is 6.90. The molecule has 0 N–H and O–H groups in total. The van der Waals surface area contributed by atoms with E-state index in [1.807, 2.05) is 12.1 Å². The molecule has 1 aromatic carbocycles. The normalized spacial score (nSPS) is 13.2. The van der Waals surface area contributed by atoms with E-state index in [2.05, 4.69) is 13.8 Å². The van der Waals surface area contributed by atoms with Gasteiger partial charge < -0.3 is 4.55 Å². The fourth-order valence-corrected chi connectivity index (χ4v) is 2.05. The van der Waals surface area contributed by atoms with Crippen LogP contribution in [0.2, 0.25) is 0 Å². The van der Waals surface area contributed by atoms with Crippen LogP contribution >= 0.6 is 0 Å². The van der Waals surface area contributed by atoms with Crippen molar-refractivity contribution in [2.45, 2.75) is 32.4 Å². The molecule has 17 heavy (non-hydrogen) atoms. The molecule has 0 aliphatic carbocycles. The van der Waals surface area contributed by atoms with Crippen molar-refractivity contribution in [3.05, 3.63) is 35.4 Å². The maximum absolute atomic E-state index is 10.8. The fraction of sp³-hybridized carbons (Fsp3) is 0.500. The largest absolute Gasteiger partial charge is 1.00 e. The minimum atomic E-state index is -4.24. The molecule has 0 spiro atoms. The van der Waals surface area contributed by atoms with Crippen LogP contribution in [0.25, 0.3) is 0 Å². The molecule has 3 nitrogen and oxygen atoms in total.